The standard InChI is InChI=1S/C11H6ClF3N2S/c12-10-17-6-9(18-10)5-16-8-3-1-7(2-4-8)11(13,14)15/h1-6H/b16-5+. The second kappa shape index (κ2) is 5.07. The molecule has 0 unspecified atom stereocenters. The molecule has 0 saturated carbocycles. The van der Waals surface area contributed by atoms with Gasteiger partial charge in [0.1, 0.15) is 0 Å². The van der Waals surface area contributed by atoms with Gasteiger partial charge in [0.15, 0.2) is 4.47 Å². The van der Waals surface area contributed by atoms with Crippen molar-refractivity contribution in [3.63, 3.8) is 0 Å². The molecule has 0 radical (unpaired) electrons. The largest absolute Gasteiger partial charge is 0.416 e. The van der Waals surface area contributed by atoms with Crippen molar-refractivity contribution in [1.29, 1.82) is 0 Å². The highest BCUT2D eigenvalue weighted by atomic mass is 35.5. The van der Waals surface area contributed by atoms with Gasteiger partial charge in [0.05, 0.1) is 16.1 Å². The fourth-order valence-corrected chi connectivity index (χ4v) is 2.03. The lowest BCUT2D eigenvalue weighted by Crippen LogP contribution is -2.03. The van der Waals surface area contributed by atoms with Crippen molar-refractivity contribution in [2.75, 3.05) is 0 Å². The highest BCUT2D eigenvalue weighted by Gasteiger charge is 2.29. The zero-order valence-corrected chi connectivity index (χ0v) is 10.4. The molecule has 1 heterocycles. The molecule has 1 aromatic heterocycles. The first-order valence-electron chi connectivity index (χ1n) is 4.78. The molecule has 0 spiro atoms. The fraction of sp³-hybridized carbons (Fsp3) is 0.0909. The maximum absolute atomic E-state index is 12.3. The molecule has 1 aromatic carbocycles. The van der Waals surface area contributed by atoms with E-state index >= 15 is 0 Å². The lowest BCUT2D eigenvalue weighted by atomic mass is 10.2. The van der Waals surface area contributed by atoms with Crippen molar-refractivity contribution in [3.8, 4) is 0 Å². The molecule has 7 heteroatoms. The zero-order valence-electron chi connectivity index (χ0n) is 8.78. The fourth-order valence-electron chi connectivity index (χ4n) is 1.20. The molecule has 94 valence electrons. The van der Waals surface area contributed by atoms with Gasteiger partial charge in [-0.3, -0.25) is 4.99 Å². The third-order valence-corrected chi connectivity index (χ3v) is 3.08. The maximum atomic E-state index is 12.3. The summed E-state index contributed by atoms with van der Waals surface area (Å²) in [6.45, 7) is 0. The van der Waals surface area contributed by atoms with Crippen LogP contribution < -0.4 is 0 Å². The van der Waals surface area contributed by atoms with Gasteiger partial charge in [0.2, 0.25) is 0 Å². The van der Waals surface area contributed by atoms with Gasteiger partial charge >= 0.3 is 6.18 Å². The van der Waals surface area contributed by atoms with Crippen molar-refractivity contribution < 1.29 is 13.2 Å². The summed E-state index contributed by atoms with van der Waals surface area (Å²) >= 11 is 6.87. The van der Waals surface area contributed by atoms with E-state index < -0.39 is 11.7 Å². The van der Waals surface area contributed by atoms with E-state index in [1.807, 2.05) is 0 Å². The molecule has 0 fully saturated rings. The number of benzene rings is 1. The second-order valence-corrected chi connectivity index (χ2v) is 4.96. The van der Waals surface area contributed by atoms with Gasteiger partial charge in [-0.05, 0) is 24.3 Å². The van der Waals surface area contributed by atoms with Crippen molar-refractivity contribution in [2.24, 2.45) is 4.99 Å². The molecule has 0 aliphatic carbocycles. The molecule has 18 heavy (non-hydrogen) atoms. The third kappa shape index (κ3) is 3.30. The summed E-state index contributed by atoms with van der Waals surface area (Å²) < 4.78 is 37.3. The molecule has 0 atom stereocenters. The molecule has 0 saturated heterocycles. The Balaban J connectivity index is 2.13. The summed E-state index contributed by atoms with van der Waals surface area (Å²) in [5.74, 6) is 0. The summed E-state index contributed by atoms with van der Waals surface area (Å²) in [6, 6.07) is 4.60. The number of alkyl halides is 3. The van der Waals surface area contributed by atoms with Crippen LogP contribution in [0.2, 0.25) is 4.47 Å². The van der Waals surface area contributed by atoms with Gasteiger partial charge in [-0.1, -0.05) is 11.6 Å². The van der Waals surface area contributed by atoms with Crippen LogP contribution in [-0.4, -0.2) is 11.2 Å². The maximum Gasteiger partial charge on any atom is 0.416 e. The SMILES string of the molecule is FC(F)(F)c1ccc(/N=C/c2cnc(Cl)s2)cc1. The number of hydrogen-bond donors (Lipinski definition) is 0. The molecular formula is C11H6ClF3N2S. The van der Waals surface area contributed by atoms with E-state index in [9.17, 15) is 13.2 Å². The van der Waals surface area contributed by atoms with Crippen molar-refractivity contribution in [3.05, 3.63) is 45.4 Å². The van der Waals surface area contributed by atoms with E-state index in [4.69, 9.17) is 11.6 Å². The van der Waals surface area contributed by atoms with Crippen LogP contribution in [0.5, 0.6) is 0 Å². The van der Waals surface area contributed by atoms with E-state index in [-0.39, 0.29) is 0 Å². The van der Waals surface area contributed by atoms with Crippen LogP contribution in [0.15, 0.2) is 35.5 Å². The molecular weight excluding hydrogens is 285 g/mol. The average molecular weight is 291 g/mol. The quantitative estimate of drug-likeness (QED) is 0.744. The van der Waals surface area contributed by atoms with Crippen LogP contribution >= 0.6 is 22.9 Å². The molecule has 2 rings (SSSR count). The number of nitrogens with zero attached hydrogens (tertiary/aromatic N) is 2. The lowest BCUT2D eigenvalue weighted by molar-refractivity contribution is -0.137. The van der Waals surface area contributed by atoms with E-state index in [0.717, 1.165) is 17.0 Å². The van der Waals surface area contributed by atoms with Crippen LogP contribution in [0.4, 0.5) is 18.9 Å². The Morgan fingerprint density at radius 2 is 1.89 bits per heavy atom. The molecule has 0 N–H and O–H groups in total. The number of hydrogen-bond acceptors (Lipinski definition) is 3. The van der Waals surface area contributed by atoms with Gasteiger partial charge < -0.3 is 0 Å². The average Bonchev–Trinajstić information content (AvgIpc) is 2.72. The third-order valence-electron chi connectivity index (χ3n) is 2.03. The summed E-state index contributed by atoms with van der Waals surface area (Å²) in [5.41, 5.74) is -0.255. The number of halogens is 4. The zero-order chi connectivity index (χ0) is 13.2. The molecule has 0 aliphatic heterocycles. The van der Waals surface area contributed by atoms with E-state index in [1.54, 1.807) is 6.20 Å². The van der Waals surface area contributed by atoms with Crippen LogP contribution in [0.1, 0.15) is 10.4 Å². The summed E-state index contributed by atoms with van der Waals surface area (Å²) in [6.07, 6.45) is -1.28. The Bertz CT molecular complexity index is 560. The van der Waals surface area contributed by atoms with Gasteiger partial charge in [0, 0.05) is 12.4 Å². The topological polar surface area (TPSA) is 25.2 Å². The molecule has 0 bridgehead atoms. The minimum Gasteiger partial charge on any atom is -0.255 e. The first-order chi connectivity index (χ1) is 8.45. The van der Waals surface area contributed by atoms with E-state index in [1.165, 1.54) is 29.7 Å². The first kappa shape index (κ1) is 13.0. The van der Waals surface area contributed by atoms with Crippen LogP contribution in [0.3, 0.4) is 0 Å². The predicted molar refractivity (Wildman–Crippen MR) is 65.8 cm³/mol. The molecule has 2 aromatic rings. The Labute approximate surface area is 110 Å². The van der Waals surface area contributed by atoms with Crippen molar-refractivity contribution in [1.82, 2.24) is 4.98 Å². The summed E-state index contributed by atoms with van der Waals surface area (Å²) in [5, 5.41) is 0. The summed E-state index contributed by atoms with van der Waals surface area (Å²) in [4.78, 5) is 8.59. The first-order valence-corrected chi connectivity index (χ1v) is 5.97. The molecule has 2 nitrogen and oxygen atoms in total. The van der Waals surface area contributed by atoms with E-state index in [0.29, 0.717) is 10.2 Å². The Hall–Kier alpha value is -1.40. The van der Waals surface area contributed by atoms with Crippen LogP contribution in [-0.2, 0) is 6.18 Å². The molecule has 0 amide bonds. The Morgan fingerprint density at radius 3 is 2.39 bits per heavy atom. The van der Waals surface area contributed by atoms with Crippen LogP contribution in [0.25, 0.3) is 0 Å². The van der Waals surface area contributed by atoms with Crippen LogP contribution in [0, 0.1) is 0 Å². The minimum absolute atomic E-state index is 0.392. The Kier molecular flexibility index (Phi) is 3.68. The van der Waals surface area contributed by atoms with Gasteiger partial charge in [-0.2, -0.15) is 13.2 Å². The Morgan fingerprint density at radius 1 is 1.22 bits per heavy atom. The lowest BCUT2D eigenvalue weighted by Gasteiger charge is -2.05. The van der Waals surface area contributed by atoms with E-state index in [2.05, 4.69) is 9.98 Å². The van der Waals surface area contributed by atoms with Gasteiger partial charge in [-0.15, -0.1) is 11.3 Å². The van der Waals surface area contributed by atoms with Gasteiger partial charge in [-0.25, -0.2) is 4.98 Å². The highest BCUT2D eigenvalue weighted by molar-refractivity contribution is 7.17. The smallest absolute Gasteiger partial charge is 0.255 e. The van der Waals surface area contributed by atoms with Gasteiger partial charge in [0.25, 0.3) is 0 Å². The second-order valence-electron chi connectivity index (χ2n) is 3.32. The number of aliphatic imine (C=N–C) groups is 1. The minimum atomic E-state index is -4.33. The number of aromatic nitrogens is 1. The number of thiazole rings is 1. The number of rotatable bonds is 2. The highest BCUT2D eigenvalue weighted by Crippen LogP contribution is 2.30. The molecule has 0 aliphatic rings. The van der Waals surface area contributed by atoms with Crippen molar-refractivity contribution >= 4 is 34.8 Å². The summed E-state index contributed by atoms with van der Waals surface area (Å²) in [7, 11) is 0. The predicted octanol–water partition coefficient (Wildman–Crippen LogP) is 4.57. The monoisotopic (exact) mass is 290 g/mol. The normalized spacial score (nSPS) is 12.2. The van der Waals surface area contributed by atoms with Crippen molar-refractivity contribution in [2.45, 2.75) is 6.18 Å².